The van der Waals surface area contributed by atoms with E-state index in [9.17, 15) is 14.7 Å². The van der Waals surface area contributed by atoms with Gasteiger partial charge in [-0.3, -0.25) is 19.8 Å². The summed E-state index contributed by atoms with van der Waals surface area (Å²) < 4.78 is 1.27. The third kappa shape index (κ3) is 4.16. The van der Waals surface area contributed by atoms with Gasteiger partial charge in [-0.2, -0.15) is 0 Å². The van der Waals surface area contributed by atoms with E-state index in [0.29, 0.717) is 18.4 Å². The van der Waals surface area contributed by atoms with Gasteiger partial charge in [0.15, 0.2) is 5.11 Å². The van der Waals surface area contributed by atoms with E-state index >= 15 is 0 Å². The summed E-state index contributed by atoms with van der Waals surface area (Å²) in [4.78, 5) is 26.7. The number of aryl methyl sites for hydroxylation is 1. The highest BCUT2D eigenvalue weighted by atomic mass is 127. The van der Waals surface area contributed by atoms with Gasteiger partial charge in [0.05, 0.1) is 12.8 Å². The molecule has 2 N–H and O–H groups in total. The highest BCUT2D eigenvalue weighted by Gasteiger charge is 2.34. The topological polar surface area (TPSA) is 69.6 Å². The minimum absolute atomic E-state index is 0.0135. The molecule has 0 saturated carbocycles. The molecule has 0 radical (unpaired) electrons. The van der Waals surface area contributed by atoms with E-state index in [1.165, 1.54) is 11.0 Å². The van der Waals surface area contributed by atoms with Crippen LogP contribution in [0.2, 0.25) is 0 Å². The van der Waals surface area contributed by atoms with E-state index in [1.54, 1.807) is 12.1 Å². The molecule has 0 aromatic heterocycles. The van der Waals surface area contributed by atoms with Crippen LogP contribution in [0.1, 0.15) is 18.1 Å². The normalized spacial score (nSPS) is 16.0. The number of carbonyl (C=O) groups excluding carboxylic acids is 2. The molecule has 0 unspecified atom stereocenters. The Kier molecular flexibility index (Phi) is 6.16. The molecule has 3 rings (SSSR count). The molecule has 138 valence electrons. The standard InChI is InChI=1S/C19H14I2N2O3S/c1-2-10-3-5-12(6-4-10)23-18(26)13(17(25)22-19(23)27)7-11-8-14(20)16(24)15(21)9-11/h3-9,24H,2H2,1H3,(H,22,25,27)/b13-7+. The first-order valence-electron chi connectivity index (χ1n) is 8.00. The van der Waals surface area contributed by atoms with Crippen molar-refractivity contribution in [3.63, 3.8) is 0 Å². The number of thiocarbonyl (C=S) groups is 1. The summed E-state index contributed by atoms with van der Waals surface area (Å²) in [6.07, 6.45) is 2.40. The van der Waals surface area contributed by atoms with Gasteiger partial charge >= 0.3 is 0 Å². The second-order valence-electron chi connectivity index (χ2n) is 5.81. The van der Waals surface area contributed by atoms with Crippen LogP contribution in [-0.4, -0.2) is 22.0 Å². The molecular formula is C19H14I2N2O3S. The summed E-state index contributed by atoms with van der Waals surface area (Å²) in [6.45, 7) is 2.05. The Bertz CT molecular complexity index is 964. The molecule has 5 nitrogen and oxygen atoms in total. The average molecular weight is 604 g/mol. The molecular weight excluding hydrogens is 590 g/mol. The predicted octanol–water partition coefficient (Wildman–Crippen LogP) is 4.00. The van der Waals surface area contributed by atoms with Crippen LogP contribution in [-0.2, 0) is 16.0 Å². The van der Waals surface area contributed by atoms with Crippen molar-refractivity contribution in [1.29, 1.82) is 0 Å². The van der Waals surface area contributed by atoms with E-state index in [0.717, 1.165) is 12.0 Å². The molecule has 0 atom stereocenters. The van der Waals surface area contributed by atoms with E-state index in [2.05, 4.69) is 5.32 Å². The lowest BCUT2D eigenvalue weighted by molar-refractivity contribution is -0.122. The van der Waals surface area contributed by atoms with Crippen LogP contribution in [0.3, 0.4) is 0 Å². The van der Waals surface area contributed by atoms with Crippen molar-refractivity contribution in [2.75, 3.05) is 4.90 Å². The van der Waals surface area contributed by atoms with Crippen LogP contribution in [0.5, 0.6) is 5.75 Å². The fourth-order valence-corrected chi connectivity index (χ4v) is 4.71. The lowest BCUT2D eigenvalue weighted by Gasteiger charge is -2.29. The van der Waals surface area contributed by atoms with Gasteiger partial charge in [-0.05, 0) is 105 Å². The van der Waals surface area contributed by atoms with Crippen molar-refractivity contribution in [3.8, 4) is 5.75 Å². The van der Waals surface area contributed by atoms with Crippen LogP contribution >= 0.6 is 57.4 Å². The van der Waals surface area contributed by atoms with Crippen molar-refractivity contribution < 1.29 is 14.7 Å². The Morgan fingerprint density at radius 2 is 1.74 bits per heavy atom. The lowest BCUT2D eigenvalue weighted by atomic mass is 10.1. The lowest BCUT2D eigenvalue weighted by Crippen LogP contribution is -2.54. The smallest absolute Gasteiger partial charge is 0.270 e. The highest BCUT2D eigenvalue weighted by molar-refractivity contribution is 14.1. The summed E-state index contributed by atoms with van der Waals surface area (Å²) in [5.41, 5.74) is 2.37. The van der Waals surface area contributed by atoms with E-state index in [-0.39, 0.29) is 16.4 Å². The second kappa shape index (κ2) is 8.23. The Labute approximate surface area is 189 Å². The molecule has 1 saturated heterocycles. The van der Waals surface area contributed by atoms with Gasteiger partial charge in [0.25, 0.3) is 11.8 Å². The highest BCUT2D eigenvalue weighted by Crippen LogP contribution is 2.29. The van der Waals surface area contributed by atoms with Gasteiger partial charge in [0, 0.05) is 0 Å². The molecule has 2 aromatic carbocycles. The van der Waals surface area contributed by atoms with Gasteiger partial charge in [0.2, 0.25) is 0 Å². The number of amides is 2. The number of rotatable bonds is 3. The van der Waals surface area contributed by atoms with Gasteiger partial charge in [0.1, 0.15) is 11.3 Å². The molecule has 0 spiro atoms. The molecule has 0 bridgehead atoms. The summed E-state index contributed by atoms with van der Waals surface area (Å²) in [5.74, 6) is -0.841. The molecule has 1 fully saturated rings. The largest absolute Gasteiger partial charge is 0.506 e. The number of phenols is 1. The monoisotopic (exact) mass is 604 g/mol. The number of halogens is 2. The number of anilines is 1. The van der Waals surface area contributed by atoms with Crippen LogP contribution in [0.15, 0.2) is 42.0 Å². The zero-order valence-corrected chi connectivity index (χ0v) is 19.3. The number of carbonyl (C=O) groups is 2. The summed E-state index contributed by atoms with van der Waals surface area (Å²) in [6, 6.07) is 10.9. The number of nitrogens with zero attached hydrogens (tertiary/aromatic N) is 1. The summed E-state index contributed by atoms with van der Waals surface area (Å²) in [7, 11) is 0. The second-order valence-corrected chi connectivity index (χ2v) is 8.52. The minimum Gasteiger partial charge on any atom is -0.506 e. The maximum atomic E-state index is 13.0. The fourth-order valence-electron chi connectivity index (χ4n) is 2.61. The number of aromatic hydroxyl groups is 1. The SMILES string of the molecule is CCc1ccc(N2C(=O)/C(=C/c3cc(I)c(O)c(I)c3)C(=O)NC2=S)cc1. The van der Waals surface area contributed by atoms with Crippen molar-refractivity contribution in [2.24, 2.45) is 0 Å². The van der Waals surface area contributed by atoms with Gasteiger partial charge in [-0.15, -0.1) is 0 Å². The summed E-state index contributed by atoms with van der Waals surface area (Å²) in [5, 5.41) is 12.5. The van der Waals surface area contributed by atoms with Gasteiger partial charge in [-0.25, -0.2) is 0 Å². The number of hydrogen-bond acceptors (Lipinski definition) is 4. The first kappa shape index (κ1) is 20.2. The van der Waals surface area contributed by atoms with Crippen LogP contribution in [0.25, 0.3) is 6.08 Å². The van der Waals surface area contributed by atoms with Gasteiger partial charge < -0.3 is 5.11 Å². The number of nitrogens with one attached hydrogen (secondary N) is 1. The third-order valence-corrected chi connectivity index (χ3v) is 5.98. The zero-order valence-electron chi connectivity index (χ0n) is 14.1. The first-order chi connectivity index (χ1) is 12.8. The van der Waals surface area contributed by atoms with Crippen LogP contribution in [0.4, 0.5) is 5.69 Å². The van der Waals surface area contributed by atoms with Crippen LogP contribution in [0, 0.1) is 7.14 Å². The molecule has 1 aliphatic heterocycles. The van der Waals surface area contributed by atoms with Crippen molar-refractivity contribution >= 4 is 86.1 Å². The molecule has 2 aromatic rings. The predicted molar refractivity (Wildman–Crippen MR) is 126 cm³/mol. The fraction of sp³-hybridized carbons (Fsp3) is 0.105. The molecule has 8 heteroatoms. The third-order valence-electron chi connectivity index (χ3n) is 4.05. The van der Waals surface area contributed by atoms with Crippen molar-refractivity contribution in [2.45, 2.75) is 13.3 Å². The van der Waals surface area contributed by atoms with Gasteiger partial charge in [-0.1, -0.05) is 19.1 Å². The molecule has 0 aliphatic carbocycles. The number of phenolic OH excluding ortho intramolecular Hbond substituents is 1. The maximum absolute atomic E-state index is 13.0. The quantitative estimate of drug-likeness (QED) is 0.241. The molecule has 2 amide bonds. The molecule has 1 heterocycles. The Morgan fingerprint density at radius 3 is 2.30 bits per heavy atom. The van der Waals surface area contributed by atoms with Crippen LogP contribution < -0.4 is 10.2 Å². The van der Waals surface area contributed by atoms with E-state index in [1.807, 2.05) is 76.4 Å². The molecule has 27 heavy (non-hydrogen) atoms. The zero-order chi connectivity index (χ0) is 19.7. The Hall–Kier alpha value is -1.53. The van der Waals surface area contributed by atoms with Crippen molar-refractivity contribution in [3.05, 3.63) is 60.2 Å². The Morgan fingerprint density at radius 1 is 1.15 bits per heavy atom. The number of benzene rings is 2. The number of hydrogen-bond donors (Lipinski definition) is 2. The average Bonchev–Trinajstić information content (AvgIpc) is 2.63. The maximum Gasteiger partial charge on any atom is 0.270 e. The van der Waals surface area contributed by atoms with E-state index < -0.39 is 11.8 Å². The van der Waals surface area contributed by atoms with E-state index in [4.69, 9.17) is 12.2 Å². The minimum atomic E-state index is -0.537. The molecule has 1 aliphatic rings. The Balaban J connectivity index is 2.01. The van der Waals surface area contributed by atoms with Crippen molar-refractivity contribution in [1.82, 2.24) is 5.32 Å². The first-order valence-corrected chi connectivity index (χ1v) is 10.6. The summed E-state index contributed by atoms with van der Waals surface area (Å²) >= 11 is 9.22.